The summed E-state index contributed by atoms with van der Waals surface area (Å²) >= 11 is 1.63. The molecule has 5 heteroatoms. The number of benzene rings is 1. The largest absolute Gasteiger partial charge is 0.465 e. The van der Waals surface area contributed by atoms with Crippen molar-refractivity contribution in [3.05, 3.63) is 57.3 Å². The lowest BCUT2D eigenvalue weighted by Crippen LogP contribution is -2.36. The van der Waals surface area contributed by atoms with Crippen LogP contribution in [0.2, 0.25) is 0 Å². The number of thiophene rings is 1. The predicted octanol–water partition coefficient (Wildman–Crippen LogP) is 2.73. The van der Waals surface area contributed by atoms with Crippen molar-refractivity contribution in [2.75, 3.05) is 13.7 Å². The fourth-order valence-corrected chi connectivity index (χ4v) is 3.42. The molecule has 4 nitrogen and oxygen atoms in total. The highest BCUT2D eigenvalue weighted by Crippen LogP contribution is 2.25. The molecular formula is C16H15NO3S. The van der Waals surface area contributed by atoms with Crippen LogP contribution in [0.5, 0.6) is 0 Å². The second kappa shape index (κ2) is 5.69. The first-order valence-corrected chi connectivity index (χ1v) is 7.60. The maximum atomic E-state index is 12.4. The van der Waals surface area contributed by atoms with Crippen LogP contribution < -0.4 is 0 Å². The van der Waals surface area contributed by atoms with E-state index in [1.807, 2.05) is 23.6 Å². The minimum atomic E-state index is -0.369. The predicted molar refractivity (Wildman–Crippen MR) is 80.5 cm³/mol. The van der Waals surface area contributed by atoms with Crippen LogP contribution in [0.3, 0.4) is 0 Å². The topological polar surface area (TPSA) is 46.6 Å². The van der Waals surface area contributed by atoms with Crippen LogP contribution in [-0.4, -0.2) is 30.4 Å². The molecule has 0 unspecified atom stereocenters. The molecule has 2 heterocycles. The minimum Gasteiger partial charge on any atom is -0.465 e. The molecule has 1 aliphatic heterocycles. The number of ether oxygens (including phenoxy) is 1. The third kappa shape index (κ3) is 2.56. The van der Waals surface area contributed by atoms with Crippen LogP contribution in [0.1, 0.15) is 31.2 Å². The number of hydrogen-bond acceptors (Lipinski definition) is 4. The van der Waals surface area contributed by atoms with E-state index in [1.165, 1.54) is 7.11 Å². The zero-order valence-corrected chi connectivity index (χ0v) is 12.5. The van der Waals surface area contributed by atoms with Gasteiger partial charge in [-0.1, -0.05) is 18.2 Å². The molecule has 0 aliphatic carbocycles. The summed E-state index contributed by atoms with van der Waals surface area (Å²) in [5.41, 5.74) is 2.13. The number of esters is 1. The number of amides is 1. The zero-order chi connectivity index (χ0) is 14.8. The summed E-state index contributed by atoms with van der Waals surface area (Å²) in [5, 5.41) is 1.95. The quantitative estimate of drug-likeness (QED) is 0.819. The van der Waals surface area contributed by atoms with Crippen molar-refractivity contribution in [1.29, 1.82) is 0 Å². The Morgan fingerprint density at radius 2 is 2.14 bits per heavy atom. The van der Waals surface area contributed by atoms with Crippen molar-refractivity contribution in [3.8, 4) is 0 Å². The number of hydrogen-bond donors (Lipinski definition) is 0. The minimum absolute atomic E-state index is 0.0390. The molecule has 1 aliphatic rings. The van der Waals surface area contributed by atoms with E-state index >= 15 is 0 Å². The van der Waals surface area contributed by atoms with E-state index < -0.39 is 0 Å². The second-order valence-electron chi connectivity index (χ2n) is 4.88. The summed E-state index contributed by atoms with van der Waals surface area (Å²) in [6, 6.07) is 9.13. The molecule has 1 aromatic heterocycles. The van der Waals surface area contributed by atoms with Gasteiger partial charge < -0.3 is 9.64 Å². The van der Waals surface area contributed by atoms with Gasteiger partial charge in [-0.15, -0.1) is 11.3 Å². The fourth-order valence-electron chi connectivity index (χ4n) is 2.56. The molecule has 0 bridgehead atoms. The zero-order valence-electron chi connectivity index (χ0n) is 11.7. The average Bonchev–Trinajstić information content (AvgIpc) is 2.99. The smallest absolute Gasteiger partial charge is 0.338 e. The Morgan fingerprint density at radius 1 is 1.33 bits per heavy atom. The Bertz CT molecular complexity index is 692. The molecule has 1 amide bonds. The van der Waals surface area contributed by atoms with Crippen molar-refractivity contribution in [2.45, 2.75) is 13.0 Å². The lowest BCUT2D eigenvalue weighted by Gasteiger charge is -2.27. The van der Waals surface area contributed by atoms with Gasteiger partial charge in [0.1, 0.15) is 0 Å². The highest BCUT2D eigenvalue weighted by atomic mass is 32.1. The SMILES string of the molecule is COC(=O)c1ccccc1CN1CCc2sccc2C1=O. The molecule has 0 radical (unpaired) electrons. The molecule has 0 fully saturated rings. The summed E-state index contributed by atoms with van der Waals surface area (Å²) in [6.07, 6.45) is 0.874. The van der Waals surface area contributed by atoms with Crippen LogP contribution in [0, 0.1) is 0 Å². The van der Waals surface area contributed by atoms with E-state index in [-0.39, 0.29) is 11.9 Å². The van der Waals surface area contributed by atoms with E-state index in [2.05, 4.69) is 0 Å². The average molecular weight is 301 g/mol. The Balaban J connectivity index is 1.85. The number of carbonyl (C=O) groups is 2. The van der Waals surface area contributed by atoms with Crippen molar-refractivity contribution < 1.29 is 14.3 Å². The third-order valence-electron chi connectivity index (χ3n) is 3.66. The first kappa shape index (κ1) is 13.8. The molecule has 0 saturated heterocycles. The van der Waals surface area contributed by atoms with Gasteiger partial charge in [-0.25, -0.2) is 4.79 Å². The molecule has 21 heavy (non-hydrogen) atoms. The molecule has 1 aromatic carbocycles. The molecule has 0 atom stereocenters. The highest BCUT2D eigenvalue weighted by molar-refractivity contribution is 7.10. The van der Waals surface area contributed by atoms with Gasteiger partial charge in [-0.2, -0.15) is 0 Å². The van der Waals surface area contributed by atoms with Gasteiger partial charge in [-0.05, 0) is 23.1 Å². The first-order valence-electron chi connectivity index (χ1n) is 6.72. The summed E-state index contributed by atoms with van der Waals surface area (Å²) in [5.74, 6) is -0.330. The molecular weight excluding hydrogens is 286 g/mol. The van der Waals surface area contributed by atoms with Gasteiger partial charge in [0.15, 0.2) is 0 Å². The summed E-state index contributed by atoms with van der Waals surface area (Å²) in [7, 11) is 1.36. The Hall–Kier alpha value is -2.14. The monoisotopic (exact) mass is 301 g/mol. The van der Waals surface area contributed by atoms with Crippen LogP contribution in [-0.2, 0) is 17.7 Å². The lowest BCUT2D eigenvalue weighted by molar-refractivity contribution is 0.0593. The Morgan fingerprint density at radius 3 is 2.95 bits per heavy atom. The van der Waals surface area contributed by atoms with Crippen molar-refractivity contribution in [1.82, 2.24) is 4.90 Å². The number of nitrogens with zero attached hydrogens (tertiary/aromatic N) is 1. The lowest BCUT2D eigenvalue weighted by atomic mass is 10.0. The highest BCUT2D eigenvalue weighted by Gasteiger charge is 2.26. The Kier molecular flexibility index (Phi) is 3.75. The van der Waals surface area contributed by atoms with E-state index in [9.17, 15) is 9.59 Å². The molecule has 0 spiro atoms. The summed E-state index contributed by atoms with van der Waals surface area (Å²) < 4.78 is 4.80. The van der Waals surface area contributed by atoms with Crippen LogP contribution >= 0.6 is 11.3 Å². The number of rotatable bonds is 3. The number of methoxy groups -OCH3 is 1. The van der Waals surface area contributed by atoms with Crippen LogP contribution in [0.25, 0.3) is 0 Å². The van der Waals surface area contributed by atoms with Crippen molar-refractivity contribution in [3.63, 3.8) is 0 Å². The van der Waals surface area contributed by atoms with Crippen molar-refractivity contribution in [2.24, 2.45) is 0 Å². The van der Waals surface area contributed by atoms with Crippen LogP contribution in [0.4, 0.5) is 0 Å². The van der Waals surface area contributed by atoms with Crippen molar-refractivity contribution >= 4 is 23.2 Å². The summed E-state index contributed by atoms with van der Waals surface area (Å²) in [4.78, 5) is 27.2. The van der Waals surface area contributed by atoms with E-state index in [0.29, 0.717) is 18.7 Å². The third-order valence-corrected chi connectivity index (χ3v) is 4.64. The van der Waals surface area contributed by atoms with E-state index in [0.717, 1.165) is 22.4 Å². The van der Waals surface area contributed by atoms with Gasteiger partial charge in [0.25, 0.3) is 5.91 Å². The number of carbonyl (C=O) groups excluding carboxylic acids is 2. The molecule has 0 saturated carbocycles. The van der Waals surface area contributed by atoms with Gasteiger partial charge in [-0.3, -0.25) is 4.79 Å². The Labute approximate surface area is 127 Å². The summed E-state index contributed by atoms with van der Waals surface area (Å²) in [6.45, 7) is 1.11. The normalized spacial score (nSPS) is 14.0. The maximum absolute atomic E-state index is 12.4. The number of fused-ring (bicyclic) bond motifs is 1. The molecule has 3 rings (SSSR count). The van der Waals surface area contributed by atoms with Gasteiger partial charge >= 0.3 is 5.97 Å². The van der Waals surface area contributed by atoms with E-state index in [1.54, 1.807) is 28.4 Å². The van der Waals surface area contributed by atoms with Crippen LogP contribution in [0.15, 0.2) is 35.7 Å². The second-order valence-corrected chi connectivity index (χ2v) is 5.88. The van der Waals surface area contributed by atoms with Gasteiger partial charge in [0.05, 0.1) is 18.2 Å². The maximum Gasteiger partial charge on any atom is 0.338 e. The molecule has 108 valence electrons. The standard InChI is InChI=1S/C16H15NO3S/c1-20-16(19)12-5-3-2-4-11(12)10-17-8-6-14-13(15(17)18)7-9-21-14/h2-5,7,9H,6,8,10H2,1H3. The van der Waals surface area contributed by atoms with Gasteiger partial charge in [0.2, 0.25) is 0 Å². The molecule has 2 aromatic rings. The fraction of sp³-hybridized carbons (Fsp3) is 0.250. The first-order chi connectivity index (χ1) is 10.2. The van der Waals surface area contributed by atoms with E-state index in [4.69, 9.17) is 4.74 Å². The molecule has 0 N–H and O–H groups in total. The van der Waals surface area contributed by atoms with Gasteiger partial charge in [0, 0.05) is 24.4 Å².